The fourth-order valence-corrected chi connectivity index (χ4v) is 4.60. The van der Waals surface area contributed by atoms with Crippen molar-refractivity contribution < 1.29 is 28.8 Å². The van der Waals surface area contributed by atoms with Crippen LogP contribution in [0.1, 0.15) is 63.9 Å². The molecule has 1 spiro atoms. The number of rotatable bonds is 13. The Morgan fingerprint density at radius 1 is 1.13 bits per heavy atom. The van der Waals surface area contributed by atoms with E-state index >= 15 is 0 Å². The van der Waals surface area contributed by atoms with Gasteiger partial charge >= 0.3 is 0 Å². The van der Waals surface area contributed by atoms with Gasteiger partial charge in [0.2, 0.25) is 0 Å². The maximum Gasteiger partial charge on any atom is 0.169 e. The highest BCUT2D eigenvalue weighted by molar-refractivity contribution is 5.13. The second-order valence-corrected chi connectivity index (χ2v) is 9.01. The summed E-state index contributed by atoms with van der Waals surface area (Å²) in [6.45, 7) is 3.95. The minimum absolute atomic E-state index is 0.0568. The van der Waals surface area contributed by atoms with Gasteiger partial charge in [-0.15, -0.1) is 0 Å². The summed E-state index contributed by atoms with van der Waals surface area (Å²) >= 11 is 0. The molecule has 2 aliphatic heterocycles. The Hall–Kier alpha value is -1.02. The number of hydrogen-bond acceptors (Lipinski definition) is 6. The molecule has 1 aromatic rings. The van der Waals surface area contributed by atoms with Gasteiger partial charge in [-0.05, 0) is 43.6 Å². The average molecular weight is 437 g/mol. The normalized spacial score (nSPS) is 29.5. The molecule has 176 valence electrons. The zero-order valence-corrected chi connectivity index (χ0v) is 19.2. The van der Waals surface area contributed by atoms with Crippen molar-refractivity contribution in [3.05, 3.63) is 35.9 Å². The first-order chi connectivity index (χ1) is 15.1. The highest BCUT2D eigenvalue weighted by Gasteiger charge is 2.47. The lowest BCUT2D eigenvalue weighted by Gasteiger charge is -2.41. The molecule has 0 saturated carbocycles. The van der Waals surface area contributed by atoms with E-state index in [-0.39, 0.29) is 31.7 Å². The van der Waals surface area contributed by atoms with Crippen molar-refractivity contribution in [2.45, 2.75) is 89.0 Å². The molecule has 5 atom stereocenters. The quantitative estimate of drug-likeness (QED) is 0.364. The molecule has 0 aromatic heterocycles. The molecule has 1 aromatic carbocycles. The Bertz CT molecular complexity index is 611. The van der Waals surface area contributed by atoms with Gasteiger partial charge in [0, 0.05) is 33.0 Å². The van der Waals surface area contributed by atoms with Gasteiger partial charge in [-0.3, -0.25) is 0 Å². The molecule has 31 heavy (non-hydrogen) atoms. The fraction of sp³-hybridized carbons (Fsp3) is 0.760. The second-order valence-electron chi connectivity index (χ2n) is 9.01. The average Bonchev–Trinajstić information content (AvgIpc) is 3.17. The van der Waals surface area contributed by atoms with Gasteiger partial charge in [0.25, 0.3) is 0 Å². The first-order valence-corrected chi connectivity index (χ1v) is 11.8. The largest absolute Gasteiger partial charge is 0.396 e. The van der Waals surface area contributed by atoms with Crippen molar-refractivity contribution in [2.24, 2.45) is 5.92 Å². The molecule has 1 N–H and O–H groups in total. The molecule has 6 heteroatoms. The van der Waals surface area contributed by atoms with E-state index in [1.54, 1.807) is 7.11 Å². The molecule has 2 heterocycles. The maximum absolute atomic E-state index is 9.06. The van der Waals surface area contributed by atoms with Gasteiger partial charge in [-0.25, -0.2) is 0 Å². The lowest BCUT2D eigenvalue weighted by atomic mass is 9.90. The summed E-state index contributed by atoms with van der Waals surface area (Å²) in [5, 5.41) is 9.06. The molecule has 0 aliphatic carbocycles. The van der Waals surface area contributed by atoms with E-state index in [4.69, 9.17) is 28.8 Å². The Kier molecular flexibility index (Phi) is 10.2. The van der Waals surface area contributed by atoms with Crippen LogP contribution in [0.4, 0.5) is 0 Å². The number of hydrogen-bond donors (Lipinski definition) is 1. The molecule has 0 unspecified atom stereocenters. The summed E-state index contributed by atoms with van der Waals surface area (Å²) in [4.78, 5) is 0. The van der Waals surface area contributed by atoms with Crippen LogP contribution in [0.3, 0.4) is 0 Å². The number of unbranched alkanes of at least 4 members (excludes halogenated alkanes) is 1. The third-order valence-electron chi connectivity index (χ3n) is 6.49. The van der Waals surface area contributed by atoms with Crippen molar-refractivity contribution in [3.63, 3.8) is 0 Å². The van der Waals surface area contributed by atoms with Crippen LogP contribution >= 0.6 is 0 Å². The molecule has 0 bridgehead atoms. The lowest BCUT2D eigenvalue weighted by molar-refractivity contribution is -0.290. The minimum Gasteiger partial charge on any atom is -0.396 e. The first kappa shape index (κ1) is 24.6. The van der Waals surface area contributed by atoms with E-state index in [1.807, 2.05) is 18.2 Å². The number of aliphatic hydroxyl groups excluding tert-OH is 1. The van der Waals surface area contributed by atoms with E-state index < -0.39 is 5.79 Å². The summed E-state index contributed by atoms with van der Waals surface area (Å²) in [6, 6.07) is 10.3. The minimum atomic E-state index is -0.477. The molecular weight excluding hydrogens is 396 g/mol. The third kappa shape index (κ3) is 7.81. The summed E-state index contributed by atoms with van der Waals surface area (Å²) < 4.78 is 30.0. The standard InChI is InChI=1S/C25H40O6/c1-20-11-13-25(31-24(20)18-28-17-21-8-4-3-5-9-21)14-12-23(30-25)16-22(29-19-27-2)10-6-7-15-26/h3-5,8-9,20,22-24,26H,6-7,10-19H2,1-2H3/t20-,22+,23+,24+,25+/m1/s1. The zero-order valence-electron chi connectivity index (χ0n) is 19.2. The SMILES string of the molecule is COCO[C@@H](CCCCO)C[C@@H]1CC[C@@]2(CC[C@@H](C)[C@H](COCc3ccccc3)O2)O1. The maximum atomic E-state index is 9.06. The highest BCUT2D eigenvalue weighted by Crippen LogP contribution is 2.43. The highest BCUT2D eigenvalue weighted by atomic mass is 16.7. The van der Waals surface area contributed by atoms with Gasteiger partial charge in [-0.1, -0.05) is 37.3 Å². The molecule has 0 radical (unpaired) electrons. The predicted octanol–water partition coefficient (Wildman–Crippen LogP) is 4.44. The van der Waals surface area contributed by atoms with E-state index in [9.17, 15) is 0 Å². The Balaban J connectivity index is 1.47. The summed E-state index contributed by atoms with van der Waals surface area (Å²) in [5.74, 6) is -0.0187. The molecule has 6 nitrogen and oxygen atoms in total. The summed E-state index contributed by atoms with van der Waals surface area (Å²) in [5.41, 5.74) is 1.18. The van der Waals surface area contributed by atoms with Crippen LogP contribution in [0, 0.1) is 5.92 Å². The Morgan fingerprint density at radius 2 is 1.94 bits per heavy atom. The van der Waals surface area contributed by atoms with Gasteiger partial charge in [0.05, 0.1) is 31.5 Å². The molecule has 3 rings (SSSR count). The summed E-state index contributed by atoms with van der Waals surface area (Å²) in [7, 11) is 1.64. The van der Waals surface area contributed by atoms with E-state index in [2.05, 4.69) is 19.1 Å². The summed E-state index contributed by atoms with van der Waals surface area (Å²) in [6.07, 6.45) is 7.70. The van der Waals surface area contributed by atoms with Crippen molar-refractivity contribution >= 4 is 0 Å². The zero-order chi connectivity index (χ0) is 21.9. The second kappa shape index (κ2) is 12.9. The molecule has 0 amide bonds. The van der Waals surface area contributed by atoms with Crippen LogP contribution in [-0.4, -0.2) is 56.3 Å². The number of aliphatic hydroxyl groups is 1. The van der Waals surface area contributed by atoms with Crippen LogP contribution in [0.25, 0.3) is 0 Å². The van der Waals surface area contributed by atoms with Crippen molar-refractivity contribution in [1.29, 1.82) is 0 Å². The van der Waals surface area contributed by atoms with E-state index in [1.165, 1.54) is 5.56 Å². The number of benzene rings is 1. The van der Waals surface area contributed by atoms with Crippen LogP contribution in [0.5, 0.6) is 0 Å². The topological polar surface area (TPSA) is 66.4 Å². The van der Waals surface area contributed by atoms with Crippen molar-refractivity contribution in [3.8, 4) is 0 Å². The molecular formula is C25H40O6. The van der Waals surface area contributed by atoms with E-state index in [0.717, 1.165) is 51.4 Å². The van der Waals surface area contributed by atoms with Crippen LogP contribution in [0.2, 0.25) is 0 Å². The molecule has 2 aliphatic rings. The number of methoxy groups -OCH3 is 1. The molecule has 2 saturated heterocycles. The Labute approximate surface area is 187 Å². The first-order valence-electron chi connectivity index (χ1n) is 11.8. The predicted molar refractivity (Wildman–Crippen MR) is 119 cm³/mol. The van der Waals surface area contributed by atoms with Gasteiger partial charge in [0.1, 0.15) is 6.79 Å². The van der Waals surface area contributed by atoms with Crippen molar-refractivity contribution in [1.82, 2.24) is 0 Å². The molecule has 2 fully saturated rings. The van der Waals surface area contributed by atoms with Gasteiger partial charge in [0.15, 0.2) is 5.79 Å². The lowest BCUT2D eigenvalue weighted by Crippen LogP contribution is -2.46. The van der Waals surface area contributed by atoms with Crippen LogP contribution in [0.15, 0.2) is 30.3 Å². The van der Waals surface area contributed by atoms with Gasteiger partial charge in [-0.2, -0.15) is 0 Å². The van der Waals surface area contributed by atoms with Crippen LogP contribution < -0.4 is 0 Å². The monoisotopic (exact) mass is 436 g/mol. The fourth-order valence-electron chi connectivity index (χ4n) is 4.60. The third-order valence-corrected chi connectivity index (χ3v) is 6.49. The van der Waals surface area contributed by atoms with Gasteiger partial charge < -0.3 is 28.8 Å². The van der Waals surface area contributed by atoms with E-state index in [0.29, 0.717) is 19.1 Å². The Morgan fingerprint density at radius 3 is 2.71 bits per heavy atom. The number of ether oxygens (including phenoxy) is 5. The van der Waals surface area contributed by atoms with Crippen molar-refractivity contribution in [2.75, 3.05) is 27.1 Å². The van der Waals surface area contributed by atoms with Crippen LogP contribution in [-0.2, 0) is 30.3 Å². The smallest absolute Gasteiger partial charge is 0.169 e.